The van der Waals surface area contributed by atoms with E-state index in [-0.39, 0.29) is 12.5 Å². The number of carbonyl (C=O) groups excluding carboxylic acids is 1. The summed E-state index contributed by atoms with van der Waals surface area (Å²) in [6, 6.07) is 6.84. The van der Waals surface area contributed by atoms with Gasteiger partial charge in [-0.15, -0.1) is 0 Å². The molecule has 1 aromatic carbocycles. The summed E-state index contributed by atoms with van der Waals surface area (Å²) >= 11 is 7.48. The van der Waals surface area contributed by atoms with Crippen LogP contribution in [0.4, 0.5) is 0 Å². The van der Waals surface area contributed by atoms with Gasteiger partial charge in [-0.25, -0.2) is 8.42 Å². The predicted molar refractivity (Wildman–Crippen MR) is 84.6 cm³/mol. The first-order valence-corrected chi connectivity index (χ1v) is 9.81. The zero-order valence-corrected chi connectivity index (χ0v) is 13.9. The fraction of sp³-hybridized carbons (Fsp3) is 0.462. The summed E-state index contributed by atoms with van der Waals surface area (Å²) in [5, 5.41) is -0.363. The molecule has 0 bridgehead atoms. The standard InChI is InChI=1S/C13H16ClNO4S2/c1-21(17,18)13-9-20-7-6-15(13)12(16)8-19-11-5-3-2-4-10(11)14/h2-5,13H,6-9H2,1H3/t13-/m0/s1. The van der Waals surface area contributed by atoms with E-state index in [9.17, 15) is 13.2 Å². The molecule has 1 heterocycles. The lowest BCUT2D eigenvalue weighted by atomic mass is 10.3. The molecule has 1 aliphatic rings. The van der Waals surface area contributed by atoms with Gasteiger partial charge >= 0.3 is 0 Å². The van der Waals surface area contributed by atoms with Crippen LogP contribution in [0.15, 0.2) is 24.3 Å². The Morgan fingerprint density at radius 1 is 1.48 bits per heavy atom. The van der Waals surface area contributed by atoms with Crippen molar-refractivity contribution < 1.29 is 17.9 Å². The van der Waals surface area contributed by atoms with Crippen LogP contribution < -0.4 is 4.74 Å². The van der Waals surface area contributed by atoms with Crippen molar-refractivity contribution in [3.8, 4) is 5.75 Å². The number of para-hydroxylation sites is 1. The van der Waals surface area contributed by atoms with E-state index in [1.807, 2.05) is 0 Å². The van der Waals surface area contributed by atoms with E-state index in [1.54, 1.807) is 24.3 Å². The van der Waals surface area contributed by atoms with Crippen LogP contribution in [-0.4, -0.2) is 55.5 Å². The van der Waals surface area contributed by atoms with E-state index in [0.717, 1.165) is 12.0 Å². The van der Waals surface area contributed by atoms with Crippen molar-refractivity contribution in [1.82, 2.24) is 4.90 Å². The van der Waals surface area contributed by atoms with Crippen molar-refractivity contribution in [2.75, 3.05) is 30.9 Å². The molecule has 21 heavy (non-hydrogen) atoms. The third-order valence-electron chi connectivity index (χ3n) is 3.09. The van der Waals surface area contributed by atoms with Crippen LogP contribution in [0.1, 0.15) is 0 Å². The van der Waals surface area contributed by atoms with Gasteiger partial charge in [-0.1, -0.05) is 23.7 Å². The summed E-state index contributed by atoms with van der Waals surface area (Å²) < 4.78 is 28.9. The molecule has 0 radical (unpaired) electrons. The van der Waals surface area contributed by atoms with Crippen LogP contribution >= 0.6 is 23.4 Å². The average molecular weight is 350 g/mol. The third-order valence-corrected chi connectivity index (χ3v) is 6.04. The SMILES string of the molecule is CS(=O)(=O)[C@H]1CSCCN1C(=O)COc1ccccc1Cl. The Bertz CT molecular complexity index is 620. The van der Waals surface area contributed by atoms with Gasteiger partial charge < -0.3 is 9.64 Å². The van der Waals surface area contributed by atoms with E-state index in [2.05, 4.69) is 0 Å². The van der Waals surface area contributed by atoms with Gasteiger partial charge in [-0.05, 0) is 12.1 Å². The van der Waals surface area contributed by atoms with E-state index < -0.39 is 15.2 Å². The molecule has 1 aromatic rings. The normalized spacial score (nSPS) is 19.3. The molecule has 1 aliphatic heterocycles. The molecule has 2 rings (SSSR count). The molecule has 1 saturated heterocycles. The molecular weight excluding hydrogens is 334 g/mol. The number of rotatable bonds is 4. The minimum absolute atomic E-state index is 0.222. The van der Waals surface area contributed by atoms with E-state index in [0.29, 0.717) is 23.1 Å². The van der Waals surface area contributed by atoms with E-state index in [4.69, 9.17) is 16.3 Å². The smallest absolute Gasteiger partial charge is 0.261 e. The lowest BCUT2D eigenvalue weighted by molar-refractivity contribution is -0.133. The number of ether oxygens (including phenoxy) is 1. The highest BCUT2D eigenvalue weighted by atomic mass is 35.5. The number of nitrogens with zero attached hydrogens (tertiary/aromatic N) is 1. The molecule has 1 fully saturated rings. The summed E-state index contributed by atoms with van der Waals surface area (Å²) in [7, 11) is -3.31. The second-order valence-corrected chi connectivity index (χ2v) is 8.43. The number of hydrogen-bond donors (Lipinski definition) is 0. The fourth-order valence-corrected chi connectivity index (χ4v) is 5.03. The Balaban J connectivity index is 2.03. The van der Waals surface area contributed by atoms with Crippen LogP contribution in [0.25, 0.3) is 0 Å². The Labute approximate surface area is 133 Å². The second-order valence-electron chi connectivity index (χ2n) is 4.67. The number of amides is 1. The van der Waals surface area contributed by atoms with Gasteiger partial charge in [0.15, 0.2) is 16.4 Å². The predicted octanol–water partition coefficient (Wildman–Crippen LogP) is 1.66. The molecule has 0 unspecified atom stereocenters. The highest BCUT2D eigenvalue weighted by Crippen LogP contribution is 2.24. The maximum Gasteiger partial charge on any atom is 0.261 e. The number of halogens is 1. The largest absolute Gasteiger partial charge is 0.482 e. The first kappa shape index (κ1) is 16.5. The lowest BCUT2D eigenvalue weighted by Gasteiger charge is -2.33. The Hall–Kier alpha value is -0.920. The monoisotopic (exact) mass is 349 g/mol. The fourth-order valence-electron chi connectivity index (χ4n) is 2.01. The van der Waals surface area contributed by atoms with Gasteiger partial charge in [0, 0.05) is 24.3 Å². The highest BCUT2D eigenvalue weighted by molar-refractivity contribution is 8.00. The van der Waals surface area contributed by atoms with Crippen LogP contribution in [0.2, 0.25) is 5.02 Å². The molecule has 0 N–H and O–H groups in total. The van der Waals surface area contributed by atoms with Crippen molar-refractivity contribution in [1.29, 1.82) is 0 Å². The maximum atomic E-state index is 12.2. The summed E-state index contributed by atoms with van der Waals surface area (Å²) in [5.74, 6) is 1.20. The number of hydrogen-bond acceptors (Lipinski definition) is 5. The second kappa shape index (κ2) is 6.89. The Morgan fingerprint density at radius 3 is 2.86 bits per heavy atom. The summed E-state index contributed by atoms with van der Waals surface area (Å²) in [4.78, 5) is 13.6. The summed E-state index contributed by atoms with van der Waals surface area (Å²) in [6.07, 6.45) is 1.15. The van der Waals surface area contributed by atoms with Crippen molar-refractivity contribution in [3.63, 3.8) is 0 Å². The van der Waals surface area contributed by atoms with Crippen molar-refractivity contribution in [3.05, 3.63) is 29.3 Å². The first-order chi connectivity index (χ1) is 9.89. The molecule has 0 aliphatic carbocycles. The quantitative estimate of drug-likeness (QED) is 0.827. The van der Waals surface area contributed by atoms with Gasteiger partial charge in [-0.2, -0.15) is 11.8 Å². The molecule has 116 valence electrons. The summed E-state index contributed by atoms with van der Waals surface area (Å²) in [6.45, 7) is 0.188. The first-order valence-electron chi connectivity index (χ1n) is 6.33. The van der Waals surface area contributed by atoms with Crippen LogP contribution in [-0.2, 0) is 14.6 Å². The number of benzene rings is 1. The van der Waals surface area contributed by atoms with E-state index in [1.165, 1.54) is 16.7 Å². The van der Waals surface area contributed by atoms with Crippen LogP contribution in [0.3, 0.4) is 0 Å². The number of sulfone groups is 1. The molecule has 0 aromatic heterocycles. The molecular formula is C13H16ClNO4S2. The number of thioether (sulfide) groups is 1. The van der Waals surface area contributed by atoms with Crippen LogP contribution in [0, 0.1) is 0 Å². The molecule has 1 atom stereocenters. The highest BCUT2D eigenvalue weighted by Gasteiger charge is 2.34. The molecule has 1 amide bonds. The third kappa shape index (κ3) is 4.28. The van der Waals surface area contributed by atoms with Gasteiger partial charge in [0.1, 0.15) is 11.1 Å². The maximum absolute atomic E-state index is 12.2. The van der Waals surface area contributed by atoms with Gasteiger partial charge in [0.05, 0.1) is 5.02 Å². The summed E-state index contributed by atoms with van der Waals surface area (Å²) in [5.41, 5.74) is 0. The lowest BCUT2D eigenvalue weighted by Crippen LogP contribution is -2.51. The van der Waals surface area contributed by atoms with Crippen molar-refractivity contribution in [2.24, 2.45) is 0 Å². The Morgan fingerprint density at radius 2 is 2.19 bits per heavy atom. The Kier molecular flexibility index (Phi) is 5.40. The minimum Gasteiger partial charge on any atom is -0.482 e. The zero-order valence-electron chi connectivity index (χ0n) is 11.5. The van der Waals surface area contributed by atoms with Gasteiger partial charge in [0.2, 0.25) is 0 Å². The minimum atomic E-state index is -3.31. The van der Waals surface area contributed by atoms with Crippen molar-refractivity contribution in [2.45, 2.75) is 5.37 Å². The molecule has 0 spiro atoms. The molecule has 5 nitrogen and oxygen atoms in total. The van der Waals surface area contributed by atoms with Crippen LogP contribution in [0.5, 0.6) is 5.75 Å². The van der Waals surface area contributed by atoms with Crippen molar-refractivity contribution >= 4 is 39.1 Å². The average Bonchev–Trinajstić information content (AvgIpc) is 2.45. The number of carbonyl (C=O) groups is 1. The van der Waals surface area contributed by atoms with Gasteiger partial charge in [0.25, 0.3) is 5.91 Å². The molecule has 8 heteroatoms. The molecule has 0 saturated carbocycles. The van der Waals surface area contributed by atoms with Gasteiger partial charge in [-0.3, -0.25) is 4.79 Å². The topological polar surface area (TPSA) is 63.7 Å². The zero-order chi connectivity index (χ0) is 15.5. The van der Waals surface area contributed by atoms with E-state index >= 15 is 0 Å².